The van der Waals surface area contributed by atoms with Crippen LogP contribution in [-0.4, -0.2) is 35.1 Å². The van der Waals surface area contributed by atoms with Crippen LogP contribution in [0.3, 0.4) is 0 Å². The van der Waals surface area contributed by atoms with Gasteiger partial charge in [0.2, 0.25) is 0 Å². The molecule has 0 radical (unpaired) electrons. The molecule has 0 aromatic heterocycles. The average molecular weight is 264 g/mol. The van der Waals surface area contributed by atoms with Crippen molar-refractivity contribution in [3.63, 3.8) is 0 Å². The second-order valence-electron chi connectivity index (χ2n) is 7.57. The molecule has 3 aliphatic rings. The maximum atomic E-state index is 4.00. The third-order valence-electron chi connectivity index (χ3n) is 6.35. The average Bonchev–Trinajstić information content (AvgIpc) is 3.18. The van der Waals surface area contributed by atoms with Gasteiger partial charge in [0.05, 0.1) is 0 Å². The van der Waals surface area contributed by atoms with E-state index in [0.29, 0.717) is 11.1 Å². The molecule has 1 heterocycles. The Balaban J connectivity index is 1.82. The van der Waals surface area contributed by atoms with E-state index in [-0.39, 0.29) is 0 Å². The van der Waals surface area contributed by atoms with Crippen LogP contribution in [0.2, 0.25) is 0 Å². The smallest absolute Gasteiger partial charge is 0.0337 e. The minimum absolute atomic E-state index is 0.435. The van der Waals surface area contributed by atoms with Gasteiger partial charge < -0.3 is 5.32 Å². The first-order valence-corrected chi connectivity index (χ1v) is 8.65. The molecule has 1 unspecified atom stereocenters. The van der Waals surface area contributed by atoms with E-state index >= 15 is 0 Å². The van der Waals surface area contributed by atoms with E-state index in [4.69, 9.17) is 0 Å². The zero-order valence-corrected chi connectivity index (χ0v) is 13.2. The van der Waals surface area contributed by atoms with Gasteiger partial charge in [0.1, 0.15) is 0 Å². The Bertz CT molecular complexity index is 313. The molecule has 0 amide bonds. The Kier molecular flexibility index (Phi) is 3.68. The standard InChI is InChI=1S/C17H32N2/c1-4-15(5-2)19-13-17(10-6-7-11-17)18-12-16(19,3)14-8-9-14/h14-15,18H,4-13H2,1-3H3. The van der Waals surface area contributed by atoms with Crippen LogP contribution in [0.4, 0.5) is 0 Å². The van der Waals surface area contributed by atoms with E-state index in [1.54, 1.807) is 0 Å². The topological polar surface area (TPSA) is 15.3 Å². The molecular formula is C17H32N2. The van der Waals surface area contributed by atoms with Gasteiger partial charge >= 0.3 is 0 Å². The number of hydrogen-bond donors (Lipinski definition) is 1. The van der Waals surface area contributed by atoms with Crippen molar-refractivity contribution >= 4 is 0 Å². The predicted molar refractivity (Wildman–Crippen MR) is 81.4 cm³/mol. The summed E-state index contributed by atoms with van der Waals surface area (Å²) in [5, 5.41) is 4.00. The summed E-state index contributed by atoms with van der Waals surface area (Å²) in [6, 6.07) is 0.796. The van der Waals surface area contributed by atoms with E-state index in [1.165, 1.54) is 64.5 Å². The second kappa shape index (κ2) is 5.04. The Hall–Kier alpha value is -0.0800. The highest BCUT2D eigenvalue weighted by Gasteiger charge is 2.53. The molecule has 0 bridgehead atoms. The molecule has 3 fully saturated rings. The molecule has 2 aliphatic carbocycles. The second-order valence-corrected chi connectivity index (χ2v) is 7.57. The lowest BCUT2D eigenvalue weighted by Crippen LogP contribution is -2.71. The summed E-state index contributed by atoms with van der Waals surface area (Å²) in [6.07, 6.45) is 11.2. The van der Waals surface area contributed by atoms with Crippen molar-refractivity contribution in [1.82, 2.24) is 10.2 Å². The lowest BCUT2D eigenvalue weighted by Gasteiger charge is -2.55. The Morgan fingerprint density at radius 3 is 2.32 bits per heavy atom. The van der Waals surface area contributed by atoms with Crippen LogP contribution < -0.4 is 5.32 Å². The highest BCUT2D eigenvalue weighted by Crippen LogP contribution is 2.48. The van der Waals surface area contributed by atoms with Gasteiger partial charge in [0.15, 0.2) is 0 Å². The van der Waals surface area contributed by atoms with Crippen molar-refractivity contribution in [3.05, 3.63) is 0 Å². The summed E-state index contributed by atoms with van der Waals surface area (Å²) in [7, 11) is 0. The lowest BCUT2D eigenvalue weighted by molar-refractivity contribution is -0.0314. The predicted octanol–water partition coefficient (Wildman–Crippen LogP) is 3.56. The molecule has 3 rings (SSSR count). The zero-order chi connectivity index (χ0) is 13.5. The quantitative estimate of drug-likeness (QED) is 0.835. The van der Waals surface area contributed by atoms with E-state index in [1.807, 2.05) is 0 Å². The van der Waals surface area contributed by atoms with Crippen molar-refractivity contribution in [1.29, 1.82) is 0 Å². The molecule has 0 aromatic carbocycles. The molecule has 2 heteroatoms. The fourth-order valence-electron chi connectivity index (χ4n) is 4.78. The minimum Gasteiger partial charge on any atom is -0.308 e. The Labute approximate surface area is 119 Å². The number of piperazine rings is 1. The van der Waals surface area contributed by atoms with Gasteiger partial charge in [0.25, 0.3) is 0 Å². The third-order valence-corrected chi connectivity index (χ3v) is 6.35. The van der Waals surface area contributed by atoms with Crippen molar-refractivity contribution in [2.75, 3.05) is 13.1 Å². The summed E-state index contributed by atoms with van der Waals surface area (Å²) in [4.78, 5) is 2.94. The molecule has 0 aromatic rings. The van der Waals surface area contributed by atoms with Gasteiger partial charge in [-0.3, -0.25) is 4.90 Å². The first-order valence-electron chi connectivity index (χ1n) is 8.65. The minimum atomic E-state index is 0.435. The van der Waals surface area contributed by atoms with Crippen molar-refractivity contribution in [3.8, 4) is 0 Å². The zero-order valence-electron chi connectivity index (χ0n) is 13.2. The summed E-state index contributed by atoms with van der Waals surface area (Å²) >= 11 is 0. The largest absolute Gasteiger partial charge is 0.308 e. The molecule has 19 heavy (non-hydrogen) atoms. The summed E-state index contributed by atoms with van der Waals surface area (Å²) in [5.74, 6) is 0.958. The normalized spacial score (nSPS) is 35.4. The van der Waals surface area contributed by atoms with Crippen LogP contribution in [0.5, 0.6) is 0 Å². The first-order chi connectivity index (χ1) is 9.13. The Morgan fingerprint density at radius 1 is 1.16 bits per heavy atom. The molecule has 1 N–H and O–H groups in total. The molecule has 1 spiro atoms. The number of nitrogens with zero attached hydrogens (tertiary/aromatic N) is 1. The maximum Gasteiger partial charge on any atom is 0.0337 e. The summed E-state index contributed by atoms with van der Waals surface area (Å²) < 4.78 is 0. The SMILES string of the molecule is CCC(CC)N1CC2(CCCC2)NCC1(C)C1CC1. The first kappa shape index (κ1) is 13.9. The molecule has 2 saturated carbocycles. The maximum absolute atomic E-state index is 4.00. The van der Waals surface area contributed by atoms with E-state index < -0.39 is 0 Å². The van der Waals surface area contributed by atoms with E-state index in [9.17, 15) is 0 Å². The van der Waals surface area contributed by atoms with Gasteiger partial charge in [-0.2, -0.15) is 0 Å². The molecule has 1 atom stereocenters. The number of rotatable bonds is 4. The molecule has 110 valence electrons. The van der Waals surface area contributed by atoms with Crippen LogP contribution in [0.1, 0.15) is 72.1 Å². The van der Waals surface area contributed by atoms with Gasteiger partial charge in [-0.25, -0.2) is 0 Å². The molecule has 1 saturated heterocycles. The monoisotopic (exact) mass is 264 g/mol. The van der Waals surface area contributed by atoms with Gasteiger partial charge in [0, 0.05) is 30.2 Å². The van der Waals surface area contributed by atoms with Crippen LogP contribution in [0.15, 0.2) is 0 Å². The van der Waals surface area contributed by atoms with Gasteiger partial charge in [-0.15, -0.1) is 0 Å². The van der Waals surface area contributed by atoms with Crippen LogP contribution in [0, 0.1) is 5.92 Å². The highest BCUT2D eigenvalue weighted by atomic mass is 15.3. The third kappa shape index (κ3) is 2.35. The van der Waals surface area contributed by atoms with Gasteiger partial charge in [-0.1, -0.05) is 26.7 Å². The van der Waals surface area contributed by atoms with Crippen molar-refractivity contribution < 1.29 is 0 Å². The molecular weight excluding hydrogens is 232 g/mol. The fourth-order valence-corrected chi connectivity index (χ4v) is 4.78. The lowest BCUT2D eigenvalue weighted by atomic mass is 9.81. The van der Waals surface area contributed by atoms with Crippen LogP contribution >= 0.6 is 0 Å². The number of nitrogens with one attached hydrogen (secondary N) is 1. The number of hydrogen-bond acceptors (Lipinski definition) is 2. The Morgan fingerprint density at radius 2 is 1.79 bits per heavy atom. The van der Waals surface area contributed by atoms with Crippen LogP contribution in [-0.2, 0) is 0 Å². The van der Waals surface area contributed by atoms with Crippen LogP contribution in [0.25, 0.3) is 0 Å². The van der Waals surface area contributed by atoms with E-state index in [2.05, 4.69) is 31.0 Å². The van der Waals surface area contributed by atoms with Crippen molar-refractivity contribution in [2.24, 2.45) is 5.92 Å². The summed E-state index contributed by atoms with van der Waals surface area (Å²) in [6.45, 7) is 9.84. The molecule has 2 nitrogen and oxygen atoms in total. The fraction of sp³-hybridized carbons (Fsp3) is 1.00. The van der Waals surface area contributed by atoms with Crippen molar-refractivity contribution in [2.45, 2.75) is 89.3 Å². The highest BCUT2D eigenvalue weighted by molar-refractivity contribution is 5.11. The van der Waals surface area contributed by atoms with Gasteiger partial charge in [-0.05, 0) is 51.4 Å². The molecule has 1 aliphatic heterocycles. The summed E-state index contributed by atoms with van der Waals surface area (Å²) in [5.41, 5.74) is 0.904. The van der Waals surface area contributed by atoms with E-state index in [0.717, 1.165) is 12.0 Å².